The number of carbonyl (C=O) groups is 1. The van der Waals surface area contributed by atoms with E-state index in [-0.39, 0.29) is 29.7 Å². The molecule has 1 saturated carbocycles. The first-order valence-electron chi connectivity index (χ1n) is 15.0. The Morgan fingerprint density at radius 1 is 1.14 bits per heavy atom. The van der Waals surface area contributed by atoms with Gasteiger partial charge in [-0.05, 0) is 75.3 Å². The van der Waals surface area contributed by atoms with Gasteiger partial charge in [0.25, 0.3) is 0 Å². The number of hydrogen-bond acceptors (Lipinski definition) is 6. The summed E-state index contributed by atoms with van der Waals surface area (Å²) in [6, 6.07) is 13.2. The van der Waals surface area contributed by atoms with Crippen LogP contribution in [0.5, 0.6) is 0 Å². The number of carboxylic acid groups (broad SMARTS) is 1. The van der Waals surface area contributed by atoms with Crippen molar-refractivity contribution in [1.29, 1.82) is 0 Å². The Hall–Kier alpha value is -3.82. The minimum Gasteiger partial charge on any atom is -0.481 e. The molecule has 43 heavy (non-hydrogen) atoms. The molecule has 2 unspecified atom stereocenters. The highest BCUT2D eigenvalue weighted by molar-refractivity contribution is 7.85. The number of aryl methyl sites for hydroxylation is 1. The molecule has 0 bridgehead atoms. The molecule has 0 radical (unpaired) electrons. The SMILES string of the molecule is Cc1nc(C2CCC(C(=O)O)CC2)ccc1-n1nc(C2=CC=CC(N)/C2=C\NCS(=O)c2ccccc2)c(C(C)C)c1C. The van der Waals surface area contributed by atoms with Gasteiger partial charge in [-0.25, -0.2) is 4.68 Å². The van der Waals surface area contributed by atoms with Gasteiger partial charge in [0, 0.05) is 39.5 Å². The topological polar surface area (TPSA) is 123 Å². The average Bonchev–Trinajstić information content (AvgIpc) is 3.34. The molecule has 4 N–H and O–H groups in total. The van der Waals surface area contributed by atoms with Gasteiger partial charge >= 0.3 is 5.97 Å². The third-order valence-electron chi connectivity index (χ3n) is 8.53. The largest absolute Gasteiger partial charge is 0.481 e. The van der Waals surface area contributed by atoms with Gasteiger partial charge in [0.05, 0.1) is 45.7 Å². The molecule has 9 heteroatoms. The fraction of sp³-hybridized carbons (Fsp3) is 0.382. The first kappa shape index (κ1) is 30.6. The zero-order valence-corrected chi connectivity index (χ0v) is 26.1. The molecule has 2 aliphatic rings. The number of pyridine rings is 1. The third-order valence-corrected chi connectivity index (χ3v) is 9.75. The maximum Gasteiger partial charge on any atom is 0.306 e. The van der Waals surface area contributed by atoms with Crippen molar-refractivity contribution in [2.45, 2.75) is 76.2 Å². The van der Waals surface area contributed by atoms with E-state index in [0.29, 0.717) is 12.8 Å². The molecule has 2 aromatic heterocycles. The van der Waals surface area contributed by atoms with E-state index in [1.807, 2.05) is 66.4 Å². The molecule has 3 aromatic rings. The lowest BCUT2D eigenvalue weighted by Crippen LogP contribution is -2.25. The molecule has 0 amide bonds. The number of nitrogens with one attached hydrogen (secondary N) is 1. The van der Waals surface area contributed by atoms with E-state index in [1.165, 1.54) is 0 Å². The van der Waals surface area contributed by atoms with Crippen LogP contribution in [0.25, 0.3) is 11.3 Å². The number of allylic oxidation sites excluding steroid dienone is 2. The average molecular weight is 600 g/mol. The first-order chi connectivity index (χ1) is 20.7. The van der Waals surface area contributed by atoms with Crippen LogP contribution in [-0.4, -0.2) is 42.0 Å². The van der Waals surface area contributed by atoms with Gasteiger partial charge in [0.1, 0.15) is 0 Å². The van der Waals surface area contributed by atoms with Crippen LogP contribution in [0.2, 0.25) is 0 Å². The van der Waals surface area contributed by atoms with Crippen LogP contribution in [0.15, 0.2) is 77.4 Å². The summed E-state index contributed by atoms with van der Waals surface area (Å²) < 4.78 is 14.8. The number of nitrogens with two attached hydrogens (primary N) is 1. The second-order valence-corrected chi connectivity index (χ2v) is 13.2. The molecule has 0 spiro atoms. The number of nitrogens with zero attached hydrogens (tertiary/aromatic N) is 3. The van der Waals surface area contributed by atoms with Crippen molar-refractivity contribution in [3.05, 3.63) is 101 Å². The molecular formula is C34H41N5O3S. The maximum atomic E-state index is 12.8. The molecule has 1 aromatic carbocycles. The Morgan fingerprint density at radius 2 is 1.86 bits per heavy atom. The Morgan fingerprint density at radius 3 is 2.51 bits per heavy atom. The van der Waals surface area contributed by atoms with Crippen LogP contribution in [0.3, 0.4) is 0 Å². The summed E-state index contributed by atoms with van der Waals surface area (Å²) in [7, 11) is -1.19. The van der Waals surface area contributed by atoms with Crippen molar-refractivity contribution in [2.75, 3.05) is 5.88 Å². The highest BCUT2D eigenvalue weighted by Crippen LogP contribution is 2.38. The fourth-order valence-corrected chi connectivity index (χ4v) is 7.09. The summed E-state index contributed by atoms with van der Waals surface area (Å²) in [4.78, 5) is 17.1. The second kappa shape index (κ2) is 13.2. The van der Waals surface area contributed by atoms with Crippen LogP contribution in [-0.2, 0) is 15.6 Å². The van der Waals surface area contributed by atoms with Gasteiger partial charge in [-0.3, -0.25) is 14.0 Å². The van der Waals surface area contributed by atoms with E-state index in [4.69, 9.17) is 15.8 Å². The summed E-state index contributed by atoms with van der Waals surface area (Å²) in [5.74, 6) is -0.168. The minimum atomic E-state index is -1.19. The Labute approximate surface area is 256 Å². The van der Waals surface area contributed by atoms with E-state index in [9.17, 15) is 14.1 Å². The molecule has 2 heterocycles. The lowest BCUT2D eigenvalue weighted by atomic mass is 9.80. The van der Waals surface area contributed by atoms with Gasteiger partial charge in [-0.2, -0.15) is 5.10 Å². The Balaban J connectivity index is 1.43. The number of hydrogen-bond donors (Lipinski definition) is 3. The van der Waals surface area contributed by atoms with Crippen molar-refractivity contribution >= 4 is 22.3 Å². The quantitative estimate of drug-likeness (QED) is 0.280. The number of carboxylic acids is 1. The third kappa shape index (κ3) is 6.58. The predicted molar refractivity (Wildman–Crippen MR) is 171 cm³/mol. The van der Waals surface area contributed by atoms with E-state index in [0.717, 1.165) is 62.9 Å². The molecule has 5 rings (SSSR count). The minimum absolute atomic E-state index is 0.212. The van der Waals surface area contributed by atoms with Crippen LogP contribution in [0, 0.1) is 19.8 Å². The summed E-state index contributed by atoms with van der Waals surface area (Å²) >= 11 is 0. The molecule has 2 atom stereocenters. The molecule has 0 aliphatic heterocycles. The van der Waals surface area contributed by atoms with Crippen LogP contribution in [0.4, 0.5) is 0 Å². The van der Waals surface area contributed by atoms with E-state index < -0.39 is 16.8 Å². The predicted octanol–water partition coefficient (Wildman–Crippen LogP) is 5.89. The molecule has 0 saturated heterocycles. The zero-order valence-electron chi connectivity index (χ0n) is 25.3. The highest BCUT2D eigenvalue weighted by Gasteiger charge is 2.29. The fourth-order valence-electron chi connectivity index (χ4n) is 6.22. The standard InChI is InChI=1S/C34H41N5O3S/c1-21(2)32-23(4)39(31-18-17-30(37-22(31)3)24-13-15-25(16-14-24)34(40)41)38-33(32)27-11-8-12-29(35)28(27)19-36-20-43(42)26-9-6-5-7-10-26/h5-12,17-19,21,24-25,29,36H,13-16,20,35H2,1-4H3,(H,40,41)/b28-19-. The van der Waals surface area contributed by atoms with Crippen molar-refractivity contribution < 1.29 is 14.1 Å². The number of aromatic nitrogens is 3. The van der Waals surface area contributed by atoms with Crippen molar-refractivity contribution in [3.8, 4) is 5.69 Å². The van der Waals surface area contributed by atoms with Gasteiger partial charge in [0.2, 0.25) is 0 Å². The summed E-state index contributed by atoms with van der Waals surface area (Å²) in [6.07, 6.45) is 10.9. The lowest BCUT2D eigenvalue weighted by molar-refractivity contribution is -0.142. The maximum absolute atomic E-state index is 12.8. The summed E-state index contributed by atoms with van der Waals surface area (Å²) in [6.45, 7) is 8.45. The number of aliphatic carboxylic acids is 1. The highest BCUT2D eigenvalue weighted by atomic mass is 32.2. The van der Waals surface area contributed by atoms with Crippen molar-refractivity contribution in [3.63, 3.8) is 0 Å². The summed E-state index contributed by atoms with van der Waals surface area (Å²) in [5.41, 5.74) is 14.3. The van der Waals surface area contributed by atoms with E-state index in [2.05, 4.69) is 38.2 Å². The zero-order chi connectivity index (χ0) is 30.7. The lowest BCUT2D eigenvalue weighted by Gasteiger charge is -2.26. The first-order valence-corrected chi connectivity index (χ1v) is 16.3. The van der Waals surface area contributed by atoms with Crippen LogP contribution < -0.4 is 11.1 Å². The second-order valence-electron chi connectivity index (χ2n) is 11.7. The van der Waals surface area contributed by atoms with Gasteiger partial charge in [-0.1, -0.05) is 50.3 Å². The van der Waals surface area contributed by atoms with Crippen LogP contribution in [0.1, 0.15) is 79.7 Å². The molecule has 226 valence electrons. The molecular weight excluding hydrogens is 558 g/mol. The van der Waals surface area contributed by atoms with Crippen LogP contribution >= 0.6 is 0 Å². The normalized spacial score (nSPS) is 22.0. The smallest absolute Gasteiger partial charge is 0.306 e. The van der Waals surface area contributed by atoms with E-state index in [1.54, 1.807) is 0 Å². The number of rotatable bonds is 9. The molecule has 8 nitrogen and oxygen atoms in total. The Kier molecular flexibility index (Phi) is 9.42. The molecule has 1 fully saturated rings. The molecule has 2 aliphatic carbocycles. The van der Waals surface area contributed by atoms with Gasteiger partial charge in [-0.15, -0.1) is 0 Å². The monoisotopic (exact) mass is 599 g/mol. The Bertz CT molecular complexity index is 1600. The van der Waals surface area contributed by atoms with Gasteiger partial charge in [0.15, 0.2) is 0 Å². The van der Waals surface area contributed by atoms with Gasteiger partial charge < -0.3 is 16.2 Å². The van der Waals surface area contributed by atoms with E-state index >= 15 is 0 Å². The number of benzene rings is 1. The van der Waals surface area contributed by atoms with Crippen molar-refractivity contribution in [1.82, 2.24) is 20.1 Å². The van der Waals surface area contributed by atoms with Crippen molar-refractivity contribution in [2.24, 2.45) is 11.7 Å². The summed E-state index contributed by atoms with van der Waals surface area (Å²) in [5, 5.41) is 17.8.